The summed E-state index contributed by atoms with van der Waals surface area (Å²) in [5.41, 5.74) is 2.17. The second-order valence-electron chi connectivity index (χ2n) is 7.21. The minimum absolute atomic E-state index is 0. The van der Waals surface area contributed by atoms with Gasteiger partial charge in [0.05, 0.1) is 12.2 Å². The van der Waals surface area contributed by atoms with Gasteiger partial charge in [-0.05, 0) is 52.9 Å². The van der Waals surface area contributed by atoms with E-state index in [1.54, 1.807) is 0 Å². The summed E-state index contributed by atoms with van der Waals surface area (Å²) in [6.07, 6.45) is 4.13. The number of aryl methyl sites for hydroxylation is 2. The van der Waals surface area contributed by atoms with Crippen molar-refractivity contribution in [2.45, 2.75) is 53.0 Å². The lowest BCUT2D eigenvalue weighted by molar-refractivity contribution is 0.274. The molecule has 162 valence electrons. The van der Waals surface area contributed by atoms with Crippen molar-refractivity contribution in [2.24, 2.45) is 4.99 Å². The zero-order valence-corrected chi connectivity index (χ0v) is 20.4. The maximum Gasteiger partial charge on any atom is 0.191 e. The van der Waals surface area contributed by atoms with E-state index in [1.807, 2.05) is 0 Å². The highest BCUT2D eigenvalue weighted by Gasteiger charge is 2.13. The Labute approximate surface area is 187 Å². The second kappa shape index (κ2) is 14.2. The van der Waals surface area contributed by atoms with Crippen molar-refractivity contribution in [1.29, 1.82) is 0 Å². The van der Waals surface area contributed by atoms with Gasteiger partial charge in [0.25, 0.3) is 0 Å². The van der Waals surface area contributed by atoms with Crippen LogP contribution in [-0.2, 0) is 19.4 Å². The Morgan fingerprint density at radius 2 is 1.93 bits per heavy atom. The van der Waals surface area contributed by atoms with Crippen LogP contribution in [0.5, 0.6) is 0 Å². The average molecular weight is 506 g/mol. The third kappa shape index (κ3) is 8.24. The molecular formula is C20H39IN6O. The van der Waals surface area contributed by atoms with Crippen LogP contribution < -0.4 is 10.6 Å². The summed E-state index contributed by atoms with van der Waals surface area (Å²) in [6.45, 7) is 14.6. The molecule has 0 spiro atoms. The number of aromatic nitrogens is 1. The maximum atomic E-state index is 5.44. The van der Waals surface area contributed by atoms with Crippen molar-refractivity contribution in [3.63, 3.8) is 0 Å². The molecule has 0 unspecified atom stereocenters. The van der Waals surface area contributed by atoms with Gasteiger partial charge in [-0.1, -0.05) is 19.0 Å². The number of nitrogens with zero attached hydrogens (tertiary/aromatic N) is 4. The number of aliphatic imine (C=N–C) groups is 1. The molecule has 1 aliphatic rings. The molecule has 1 aromatic heterocycles. The molecule has 28 heavy (non-hydrogen) atoms. The Morgan fingerprint density at radius 3 is 2.64 bits per heavy atom. The van der Waals surface area contributed by atoms with Gasteiger partial charge in [-0.3, -0.25) is 0 Å². The fourth-order valence-corrected chi connectivity index (χ4v) is 3.45. The fraction of sp³-hybridized carbons (Fsp3) is 0.800. The smallest absolute Gasteiger partial charge is 0.191 e. The standard InChI is InChI=1S/C20H38N6O.HI/c1-5-18-17(19(6-2)27-24-18)16-23-20(21-7-3)22-10-8-12-26-13-9-11-25(4)14-15-26;/h5-16H2,1-4H3,(H2,21,22,23);1H. The summed E-state index contributed by atoms with van der Waals surface area (Å²) >= 11 is 0. The predicted molar refractivity (Wildman–Crippen MR) is 127 cm³/mol. The summed E-state index contributed by atoms with van der Waals surface area (Å²) in [5.74, 6) is 1.83. The van der Waals surface area contributed by atoms with Crippen LogP contribution in [0.1, 0.15) is 50.6 Å². The van der Waals surface area contributed by atoms with Gasteiger partial charge in [0.2, 0.25) is 0 Å². The van der Waals surface area contributed by atoms with Gasteiger partial charge < -0.3 is 25.0 Å². The highest BCUT2D eigenvalue weighted by Crippen LogP contribution is 2.16. The number of hydrogen-bond donors (Lipinski definition) is 2. The van der Waals surface area contributed by atoms with E-state index in [0.717, 1.165) is 61.9 Å². The van der Waals surface area contributed by atoms with Crippen LogP contribution in [0.3, 0.4) is 0 Å². The summed E-state index contributed by atoms with van der Waals surface area (Å²) < 4.78 is 5.44. The van der Waals surface area contributed by atoms with Crippen LogP contribution in [0.25, 0.3) is 0 Å². The Hall–Kier alpha value is -0.870. The van der Waals surface area contributed by atoms with Gasteiger partial charge in [0.15, 0.2) is 5.96 Å². The third-order valence-electron chi connectivity index (χ3n) is 5.10. The first kappa shape index (κ1) is 25.2. The topological polar surface area (TPSA) is 68.9 Å². The molecule has 0 atom stereocenters. The van der Waals surface area contributed by atoms with Crippen molar-refractivity contribution in [2.75, 3.05) is 52.9 Å². The van der Waals surface area contributed by atoms with Crippen LogP contribution in [0, 0.1) is 0 Å². The molecule has 1 fully saturated rings. The summed E-state index contributed by atoms with van der Waals surface area (Å²) in [6, 6.07) is 0. The SMILES string of the molecule is CCNC(=NCc1c(CC)noc1CC)NCCCN1CCCN(C)CC1.I. The van der Waals surface area contributed by atoms with E-state index < -0.39 is 0 Å². The lowest BCUT2D eigenvalue weighted by atomic mass is 10.1. The van der Waals surface area contributed by atoms with Gasteiger partial charge in [-0.2, -0.15) is 0 Å². The lowest BCUT2D eigenvalue weighted by Crippen LogP contribution is -2.39. The van der Waals surface area contributed by atoms with Gasteiger partial charge in [0, 0.05) is 38.2 Å². The highest BCUT2D eigenvalue weighted by molar-refractivity contribution is 14.0. The van der Waals surface area contributed by atoms with Gasteiger partial charge in [-0.15, -0.1) is 24.0 Å². The largest absolute Gasteiger partial charge is 0.361 e. The lowest BCUT2D eigenvalue weighted by Gasteiger charge is -2.20. The van der Waals surface area contributed by atoms with Crippen LogP contribution in [0.2, 0.25) is 0 Å². The first-order chi connectivity index (χ1) is 13.2. The average Bonchev–Trinajstić information content (AvgIpc) is 2.96. The molecule has 0 aromatic carbocycles. The Bertz CT molecular complexity index is 556. The molecule has 2 rings (SSSR count). The normalized spacial score (nSPS) is 16.5. The third-order valence-corrected chi connectivity index (χ3v) is 5.10. The van der Waals surface area contributed by atoms with Gasteiger partial charge in [-0.25, -0.2) is 4.99 Å². The van der Waals surface area contributed by atoms with Crippen LogP contribution in [0.4, 0.5) is 0 Å². The molecule has 1 aliphatic heterocycles. The van der Waals surface area contributed by atoms with Crippen molar-refractivity contribution >= 4 is 29.9 Å². The molecule has 0 aliphatic carbocycles. The Morgan fingerprint density at radius 1 is 1.11 bits per heavy atom. The summed E-state index contributed by atoms with van der Waals surface area (Å²) in [7, 11) is 2.22. The van der Waals surface area contributed by atoms with Crippen LogP contribution >= 0.6 is 24.0 Å². The molecule has 2 N–H and O–H groups in total. The molecule has 1 saturated heterocycles. The van der Waals surface area contributed by atoms with E-state index in [1.165, 1.54) is 32.6 Å². The van der Waals surface area contributed by atoms with Crippen molar-refractivity contribution in [1.82, 2.24) is 25.6 Å². The highest BCUT2D eigenvalue weighted by atomic mass is 127. The monoisotopic (exact) mass is 506 g/mol. The Kier molecular flexibility index (Phi) is 12.7. The minimum Gasteiger partial charge on any atom is -0.361 e. The predicted octanol–water partition coefficient (Wildman–Crippen LogP) is 2.50. The molecule has 7 nitrogen and oxygen atoms in total. The van der Waals surface area contributed by atoms with Crippen LogP contribution in [0.15, 0.2) is 9.52 Å². The number of rotatable bonds is 9. The van der Waals surface area contributed by atoms with E-state index in [9.17, 15) is 0 Å². The first-order valence-electron chi connectivity index (χ1n) is 10.6. The van der Waals surface area contributed by atoms with Crippen molar-refractivity contribution < 1.29 is 4.52 Å². The van der Waals surface area contributed by atoms with Gasteiger partial charge in [0.1, 0.15) is 5.76 Å². The number of likely N-dealkylation sites (N-methyl/N-ethyl adjacent to an activating group) is 1. The van der Waals surface area contributed by atoms with E-state index in [4.69, 9.17) is 9.52 Å². The molecular weight excluding hydrogens is 467 g/mol. The van der Waals surface area contributed by atoms with Crippen molar-refractivity contribution in [3.05, 3.63) is 17.0 Å². The van der Waals surface area contributed by atoms with E-state index in [-0.39, 0.29) is 24.0 Å². The molecule has 8 heteroatoms. The van der Waals surface area contributed by atoms with E-state index in [2.05, 4.69) is 53.4 Å². The first-order valence-corrected chi connectivity index (χ1v) is 10.6. The minimum atomic E-state index is 0. The molecule has 0 amide bonds. The zero-order valence-electron chi connectivity index (χ0n) is 18.1. The molecule has 1 aromatic rings. The number of nitrogens with one attached hydrogen (secondary N) is 2. The van der Waals surface area contributed by atoms with Gasteiger partial charge >= 0.3 is 0 Å². The van der Waals surface area contributed by atoms with Crippen molar-refractivity contribution in [3.8, 4) is 0 Å². The summed E-state index contributed by atoms with van der Waals surface area (Å²) in [5, 5.41) is 11.0. The molecule has 0 radical (unpaired) electrons. The van der Waals surface area contributed by atoms with Crippen LogP contribution in [-0.4, -0.2) is 73.8 Å². The quantitative estimate of drug-likeness (QED) is 0.232. The molecule has 2 heterocycles. The van der Waals surface area contributed by atoms with E-state index in [0.29, 0.717) is 6.54 Å². The summed E-state index contributed by atoms with van der Waals surface area (Å²) in [4.78, 5) is 9.76. The number of guanidine groups is 1. The fourth-order valence-electron chi connectivity index (χ4n) is 3.45. The number of hydrogen-bond acceptors (Lipinski definition) is 5. The zero-order chi connectivity index (χ0) is 19.5. The molecule has 0 bridgehead atoms. The number of halogens is 1. The maximum absolute atomic E-state index is 5.44. The van der Waals surface area contributed by atoms with E-state index >= 15 is 0 Å². The Balaban J connectivity index is 0.00000392. The molecule has 0 saturated carbocycles. The second-order valence-corrected chi connectivity index (χ2v) is 7.21.